The number of amides is 2. The van der Waals surface area contributed by atoms with Crippen molar-refractivity contribution in [2.45, 2.75) is 77.5 Å². The third kappa shape index (κ3) is 9.23. The summed E-state index contributed by atoms with van der Waals surface area (Å²) in [5, 5.41) is 2.70. The molecular formula is C36H45N3O6. The maximum atomic E-state index is 14.0. The summed E-state index contributed by atoms with van der Waals surface area (Å²) < 4.78 is 17.4. The monoisotopic (exact) mass is 615 g/mol. The van der Waals surface area contributed by atoms with Gasteiger partial charge in [-0.15, -0.1) is 0 Å². The van der Waals surface area contributed by atoms with Gasteiger partial charge in [0.05, 0.1) is 29.0 Å². The highest BCUT2D eigenvalue weighted by Gasteiger charge is 2.28. The molecule has 45 heavy (non-hydrogen) atoms. The van der Waals surface area contributed by atoms with Crippen LogP contribution in [0.5, 0.6) is 11.5 Å². The second-order valence-corrected chi connectivity index (χ2v) is 12.3. The molecule has 4 rings (SSSR count). The molecule has 0 aromatic heterocycles. The van der Waals surface area contributed by atoms with Crippen LogP contribution in [0.15, 0.2) is 66.7 Å². The lowest BCUT2D eigenvalue weighted by Crippen LogP contribution is -2.38. The first-order chi connectivity index (χ1) is 21.5. The second kappa shape index (κ2) is 15.5. The Morgan fingerprint density at radius 1 is 0.867 bits per heavy atom. The summed E-state index contributed by atoms with van der Waals surface area (Å²) in [6, 6.07) is 19.9. The van der Waals surface area contributed by atoms with Crippen LogP contribution in [-0.2, 0) is 11.3 Å². The van der Waals surface area contributed by atoms with Gasteiger partial charge in [0.15, 0.2) is 5.75 Å². The molecule has 9 nitrogen and oxygen atoms in total. The highest BCUT2D eigenvalue weighted by Crippen LogP contribution is 2.35. The Morgan fingerprint density at radius 2 is 1.53 bits per heavy atom. The van der Waals surface area contributed by atoms with Crippen LogP contribution in [0.4, 0.5) is 10.5 Å². The van der Waals surface area contributed by atoms with Gasteiger partial charge in [0.2, 0.25) is 5.78 Å². The molecule has 0 atom stereocenters. The summed E-state index contributed by atoms with van der Waals surface area (Å²) >= 11 is 0. The standard InChI is InChI=1S/C36H45N3O6/c1-36(2,3)45-35(42)38-22-13-23-43-30-19-12-11-18-27(30)32(40)29-21-20-28(34(41)39(4)26-16-9-6-10-17-26)31(37)33(29)44-24-25-14-7-5-8-15-25/h5,7-8,11-12,14-15,18-21,26H,6,9-10,13,16-17,22-24,37H2,1-4H3,(H,38,42). The summed E-state index contributed by atoms with van der Waals surface area (Å²) in [5.74, 6) is 0.0335. The predicted molar refractivity (Wildman–Crippen MR) is 175 cm³/mol. The van der Waals surface area contributed by atoms with Gasteiger partial charge in [0.25, 0.3) is 5.91 Å². The van der Waals surface area contributed by atoms with Crippen molar-refractivity contribution in [3.05, 3.63) is 89.0 Å². The summed E-state index contributed by atoms with van der Waals surface area (Å²) in [6.45, 7) is 6.19. The van der Waals surface area contributed by atoms with E-state index < -0.39 is 11.7 Å². The average molecular weight is 616 g/mol. The molecular weight excluding hydrogens is 570 g/mol. The summed E-state index contributed by atoms with van der Waals surface area (Å²) in [7, 11) is 1.82. The normalized spacial score (nSPS) is 13.5. The Labute approximate surface area is 266 Å². The molecule has 0 heterocycles. The topological polar surface area (TPSA) is 120 Å². The number of nitrogens with one attached hydrogen (secondary N) is 1. The number of anilines is 1. The van der Waals surface area contributed by atoms with Gasteiger partial charge in [-0.3, -0.25) is 9.59 Å². The third-order valence-corrected chi connectivity index (χ3v) is 7.72. The van der Waals surface area contributed by atoms with Gasteiger partial charge in [-0.05, 0) is 69.9 Å². The molecule has 0 radical (unpaired) electrons. The molecule has 0 unspecified atom stereocenters. The van der Waals surface area contributed by atoms with Gasteiger partial charge in [0.1, 0.15) is 18.0 Å². The van der Waals surface area contributed by atoms with Gasteiger partial charge < -0.3 is 30.2 Å². The van der Waals surface area contributed by atoms with Crippen molar-refractivity contribution in [1.29, 1.82) is 0 Å². The lowest BCUT2D eigenvalue weighted by Gasteiger charge is -2.31. The Bertz CT molecular complexity index is 1460. The van der Waals surface area contributed by atoms with Crippen LogP contribution in [0.1, 0.15) is 91.1 Å². The molecule has 1 aliphatic rings. The van der Waals surface area contributed by atoms with E-state index in [1.807, 2.05) is 37.4 Å². The number of carbonyl (C=O) groups is 3. The zero-order valence-corrected chi connectivity index (χ0v) is 26.8. The number of alkyl carbamates (subject to hydrolysis) is 1. The molecule has 240 valence electrons. The number of para-hydroxylation sites is 1. The van der Waals surface area contributed by atoms with E-state index >= 15 is 0 Å². The van der Waals surface area contributed by atoms with E-state index in [4.69, 9.17) is 19.9 Å². The summed E-state index contributed by atoms with van der Waals surface area (Å²) in [5.41, 5.74) is 7.98. The largest absolute Gasteiger partial charge is 0.493 e. The van der Waals surface area contributed by atoms with Gasteiger partial charge in [-0.2, -0.15) is 0 Å². The molecule has 3 N–H and O–H groups in total. The molecule has 0 aliphatic heterocycles. The van der Waals surface area contributed by atoms with Crippen molar-refractivity contribution < 1.29 is 28.6 Å². The minimum atomic E-state index is -0.580. The highest BCUT2D eigenvalue weighted by molar-refractivity contribution is 6.14. The maximum Gasteiger partial charge on any atom is 0.407 e. The SMILES string of the molecule is CN(C(=O)c1ccc(C(=O)c2ccccc2OCCCNC(=O)OC(C)(C)C)c(OCc2ccccc2)c1N)C1CCCCC1. The minimum Gasteiger partial charge on any atom is -0.493 e. The van der Waals surface area contributed by atoms with Crippen molar-refractivity contribution >= 4 is 23.5 Å². The van der Waals surface area contributed by atoms with Crippen LogP contribution < -0.4 is 20.5 Å². The molecule has 3 aromatic rings. The first kappa shape index (κ1) is 33.4. The number of rotatable bonds is 12. The van der Waals surface area contributed by atoms with Crippen LogP contribution in [0.3, 0.4) is 0 Å². The molecule has 1 fully saturated rings. The Balaban J connectivity index is 1.55. The van der Waals surface area contributed by atoms with Gasteiger partial charge in [0, 0.05) is 19.6 Å². The number of benzene rings is 3. The predicted octanol–water partition coefficient (Wildman–Crippen LogP) is 6.78. The first-order valence-electron chi connectivity index (χ1n) is 15.6. The van der Waals surface area contributed by atoms with E-state index in [-0.39, 0.29) is 47.9 Å². The second-order valence-electron chi connectivity index (χ2n) is 12.3. The van der Waals surface area contributed by atoms with Crippen molar-refractivity contribution in [2.75, 3.05) is 25.9 Å². The lowest BCUT2D eigenvalue weighted by molar-refractivity contribution is 0.0525. The Morgan fingerprint density at radius 3 is 2.24 bits per heavy atom. The van der Waals surface area contributed by atoms with Crippen LogP contribution in [0.2, 0.25) is 0 Å². The van der Waals surface area contributed by atoms with E-state index in [0.29, 0.717) is 29.8 Å². The van der Waals surface area contributed by atoms with Crippen molar-refractivity contribution in [1.82, 2.24) is 10.2 Å². The van der Waals surface area contributed by atoms with E-state index in [9.17, 15) is 14.4 Å². The first-order valence-corrected chi connectivity index (χ1v) is 15.6. The number of ketones is 1. The van der Waals surface area contributed by atoms with E-state index in [2.05, 4.69) is 5.32 Å². The van der Waals surface area contributed by atoms with E-state index in [1.165, 1.54) is 6.42 Å². The molecule has 0 spiro atoms. The Hall–Kier alpha value is -4.53. The smallest absolute Gasteiger partial charge is 0.407 e. The zero-order valence-electron chi connectivity index (χ0n) is 26.8. The zero-order chi connectivity index (χ0) is 32.4. The van der Waals surface area contributed by atoms with Crippen molar-refractivity contribution in [3.63, 3.8) is 0 Å². The quantitative estimate of drug-likeness (QED) is 0.131. The van der Waals surface area contributed by atoms with E-state index in [1.54, 1.807) is 62.1 Å². The molecule has 3 aromatic carbocycles. The number of hydrogen-bond acceptors (Lipinski definition) is 7. The maximum absolute atomic E-state index is 14.0. The fourth-order valence-corrected chi connectivity index (χ4v) is 5.36. The number of nitrogens with two attached hydrogens (primary N) is 1. The molecule has 9 heteroatoms. The number of nitrogen functional groups attached to an aromatic ring is 1. The van der Waals surface area contributed by atoms with Gasteiger partial charge >= 0.3 is 6.09 Å². The summed E-state index contributed by atoms with van der Waals surface area (Å²) in [4.78, 5) is 41.4. The molecule has 0 bridgehead atoms. The molecule has 2 amide bonds. The Kier molecular flexibility index (Phi) is 11.5. The average Bonchev–Trinajstić information content (AvgIpc) is 3.03. The number of ether oxygens (including phenoxy) is 3. The van der Waals surface area contributed by atoms with Crippen LogP contribution in [0, 0.1) is 0 Å². The fourth-order valence-electron chi connectivity index (χ4n) is 5.36. The van der Waals surface area contributed by atoms with Crippen molar-refractivity contribution in [2.24, 2.45) is 0 Å². The van der Waals surface area contributed by atoms with Crippen LogP contribution in [-0.4, -0.2) is 54.5 Å². The van der Waals surface area contributed by atoms with Crippen LogP contribution in [0.25, 0.3) is 0 Å². The molecule has 0 saturated heterocycles. The fraction of sp³-hybridized carbons (Fsp3) is 0.417. The number of nitrogens with zero attached hydrogens (tertiary/aromatic N) is 1. The molecule has 1 saturated carbocycles. The van der Waals surface area contributed by atoms with Gasteiger partial charge in [-0.1, -0.05) is 61.7 Å². The lowest BCUT2D eigenvalue weighted by atomic mass is 9.93. The van der Waals surface area contributed by atoms with Crippen molar-refractivity contribution in [3.8, 4) is 11.5 Å². The van der Waals surface area contributed by atoms with Gasteiger partial charge in [-0.25, -0.2) is 4.79 Å². The number of carbonyl (C=O) groups excluding carboxylic acids is 3. The number of hydrogen-bond donors (Lipinski definition) is 2. The minimum absolute atomic E-state index is 0.135. The summed E-state index contributed by atoms with van der Waals surface area (Å²) in [6.07, 6.45) is 5.31. The highest BCUT2D eigenvalue weighted by atomic mass is 16.6. The third-order valence-electron chi connectivity index (χ3n) is 7.72. The van der Waals surface area contributed by atoms with Crippen LogP contribution >= 0.6 is 0 Å². The molecule has 1 aliphatic carbocycles. The van der Waals surface area contributed by atoms with E-state index in [0.717, 1.165) is 31.2 Å².